The summed E-state index contributed by atoms with van der Waals surface area (Å²) in [7, 11) is -2.14. The molecule has 1 N–H and O–H groups in total. The van der Waals surface area contributed by atoms with E-state index in [9.17, 15) is 13.2 Å². The van der Waals surface area contributed by atoms with Gasteiger partial charge < -0.3 is 5.32 Å². The number of rotatable bonds is 6. The second-order valence-corrected chi connectivity index (χ2v) is 10.2. The summed E-state index contributed by atoms with van der Waals surface area (Å²) in [6.45, 7) is 2.30. The van der Waals surface area contributed by atoms with Crippen molar-refractivity contribution in [2.75, 3.05) is 11.4 Å². The van der Waals surface area contributed by atoms with E-state index >= 15 is 0 Å². The van der Waals surface area contributed by atoms with Crippen LogP contribution in [0.3, 0.4) is 0 Å². The maximum Gasteiger partial charge on any atom is 0.264 e. The molecule has 0 saturated heterocycles. The van der Waals surface area contributed by atoms with E-state index in [0.29, 0.717) is 17.1 Å². The molecule has 0 spiro atoms. The SMILES string of the molecule is Cc1ccc(S(=O)(=O)N(C)c2ccc3sc(C(=O)NCc4cccnc4)cc3c2)cc1. The van der Waals surface area contributed by atoms with Crippen LogP contribution in [0.4, 0.5) is 5.69 Å². The average molecular weight is 452 g/mol. The maximum atomic E-state index is 13.0. The van der Waals surface area contributed by atoms with Gasteiger partial charge >= 0.3 is 0 Å². The van der Waals surface area contributed by atoms with Gasteiger partial charge in [0, 0.05) is 30.7 Å². The molecular formula is C23H21N3O3S2. The van der Waals surface area contributed by atoms with Gasteiger partial charge in [-0.25, -0.2) is 8.42 Å². The summed E-state index contributed by atoms with van der Waals surface area (Å²) >= 11 is 1.37. The van der Waals surface area contributed by atoms with E-state index < -0.39 is 10.0 Å². The number of anilines is 1. The smallest absolute Gasteiger partial charge is 0.264 e. The highest BCUT2D eigenvalue weighted by molar-refractivity contribution is 7.92. The number of carbonyl (C=O) groups is 1. The molecule has 31 heavy (non-hydrogen) atoms. The normalized spacial score (nSPS) is 11.4. The van der Waals surface area contributed by atoms with Crippen molar-refractivity contribution in [2.45, 2.75) is 18.4 Å². The van der Waals surface area contributed by atoms with Crippen molar-refractivity contribution in [2.24, 2.45) is 0 Å². The van der Waals surface area contributed by atoms with Crippen LogP contribution in [-0.4, -0.2) is 26.4 Å². The number of amides is 1. The minimum atomic E-state index is -3.67. The van der Waals surface area contributed by atoms with Crippen molar-refractivity contribution in [3.05, 3.63) is 89.1 Å². The van der Waals surface area contributed by atoms with E-state index in [0.717, 1.165) is 21.2 Å². The van der Waals surface area contributed by atoms with Crippen molar-refractivity contribution in [1.82, 2.24) is 10.3 Å². The summed E-state index contributed by atoms with van der Waals surface area (Å²) < 4.78 is 28.1. The van der Waals surface area contributed by atoms with Gasteiger partial charge in [-0.15, -0.1) is 11.3 Å². The number of hydrogen-bond donors (Lipinski definition) is 1. The summed E-state index contributed by atoms with van der Waals surface area (Å²) in [4.78, 5) is 17.4. The molecule has 1 amide bonds. The zero-order valence-corrected chi connectivity index (χ0v) is 18.7. The minimum absolute atomic E-state index is 0.174. The Morgan fingerprint density at radius 2 is 1.87 bits per heavy atom. The molecule has 0 aliphatic rings. The Morgan fingerprint density at radius 1 is 1.10 bits per heavy atom. The summed E-state index contributed by atoms with van der Waals surface area (Å²) in [5.74, 6) is -0.174. The fraction of sp³-hybridized carbons (Fsp3) is 0.130. The monoisotopic (exact) mass is 451 g/mol. The first-order valence-electron chi connectivity index (χ1n) is 9.61. The highest BCUT2D eigenvalue weighted by Gasteiger charge is 2.22. The van der Waals surface area contributed by atoms with E-state index in [2.05, 4.69) is 10.3 Å². The third-order valence-corrected chi connectivity index (χ3v) is 7.86. The number of aryl methyl sites for hydroxylation is 1. The Kier molecular flexibility index (Phi) is 5.75. The van der Waals surface area contributed by atoms with Crippen LogP contribution in [0.1, 0.15) is 20.8 Å². The van der Waals surface area contributed by atoms with Crippen LogP contribution in [0.2, 0.25) is 0 Å². The van der Waals surface area contributed by atoms with E-state index in [1.165, 1.54) is 22.7 Å². The number of nitrogens with one attached hydrogen (secondary N) is 1. The fourth-order valence-corrected chi connectivity index (χ4v) is 5.26. The number of fused-ring (bicyclic) bond motifs is 1. The lowest BCUT2D eigenvalue weighted by Gasteiger charge is -2.19. The number of nitrogens with zero attached hydrogens (tertiary/aromatic N) is 2. The van der Waals surface area contributed by atoms with Crippen LogP contribution >= 0.6 is 11.3 Å². The van der Waals surface area contributed by atoms with Crippen LogP contribution in [0.5, 0.6) is 0 Å². The average Bonchev–Trinajstić information content (AvgIpc) is 3.21. The van der Waals surface area contributed by atoms with Crippen LogP contribution in [-0.2, 0) is 16.6 Å². The van der Waals surface area contributed by atoms with Crippen LogP contribution in [0.15, 0.2) is 78.0 Å². The second kappa shape index (κ2) is 8.49. The highest BCUT2D eigenvalue weighted by atomic mass is 32.2. The van der Waals surface area contributed by atoms with Gasteiger partial charge in [-0.1, -0.05) is 23.8 Å². The van der Waals surface area contributed by atoms with Gasteiger partial charge in [-0.2, -0.15) is 0 Å². The fourth-order valence-electron chi connectivity index (χ4n) is 3.12. The molecule has 6 nitrogen and oxygen atoms in total. The number of pyridine rings is 1. The third-order valence-electron chi connectivity index (χ3n) is 4.94. The van der Waals surface area contributed by atoms with Gasteiger partial charge in [0.1, 0.15) is 0 Å². The van der Waals surface area contributed by atoms with Gasteiger partial charge in [-0.05, 0) is 60.3 Å². The van der Waals surface area contributed by atoms with Crippen molar-refractivity contribution in [1.29, 1.82) is 0 Å². The standard InChI is InChI=1S/C23H21N3O3S2/c1-16-5-8-20(9-6-16)31(28,29)26(2)19-7-10-21-18(12-19)13-22(30-21)23(27)25-15-17-4-3-11-24-14-17/h3-14H,15H2,1-2H3,(H,25,27). The quantitative estimate of drug-likeness (QED) is 0.472. The molecule has 2 aromatic heterocycles. The van der Waals surface area contributed by atoms with Crippen molar-refractivity contribution in [3.8, 4) is 0 Å². The van der Waals surface area contributed by atoms with E-state index in [-0.39, 0.29) is 10.8 Å². The lowest BCUT2D eigenvalue weighted by molar-refractivity contribution is 0.0955. The van der Waals surface area contributed by atoms with E-state index in [4.69, 9.17) is 0 Å². The molecule has 2 aromatic carbocycles. The number of thiophene rings is 1. The molecule has 0 fully saturated rings. The molecule has 8 heteroatoms. The Balaban J connectivity index is 1.55. The van der Waals surface area contributed by atoms with Crippen LogP contribution in [0, 0.1) is 6.92 Å². The molecule has 0 bridgehead atoms. The molecule has 0 atom stereocenters. The second-order valence-electron chi connectivity index (χ2n) is 7.16. The Morgan fingerprint density at radius 3 is 2.58 bits per heavy atom. The van der Waals surface area contributed by atoms with Crippen molar-refractivity contribution < 1.29 is 13.2 Å². The van der Waals surface area contributed by atoms with Gasteiger partial charge in [0.2, 0.25) is 0 Å². The van der Waals surface area contributed by atoms with Crippen molar-refractivity contribution >= 4 is 43.0 Å². The minimum Gasteiger partial charge on any atom is -0.347 e. The molecular weight excluding hydrogens is 430 g/mol. The number of benzene rings is 2. The molecule has 4 rings (SSSR count). The largest absolute Gasteiger partial charge is 0.347 e. The molecule has 0 unspecified atom stereocenters. The molecule has 158 valence electrons. The lowest BCUT2D eigenvalue weighted by atomic mass is 10.2. The summed E-state index contributed by atoms with van der Waals surface area (Å²) in [6.07, 6.45) is 3.40. The predicted octanol–water partition coefficient (Wildman–Crippen LogP) is 4.36. The first-order chi connectivity index (χ1) is 14.8. The Labute approximate surface area is 185 Å². The van der Waals surface area contributed by atoms with Gasteiger partial charge in [-0.3, -0.25) is 14.1 Å². The topological polar surface area (TPSA) is 79.4 Å². The zero-order chi connectivity index (χ0) is 22.0. The van der Waals surface area contributed by atoms with E-state index in [1.54, 1.807) is 54.9 Å². The van der Waals surface area contributed by atoms with Gasteiger partial charge in [0.05, 0.1) is 15.5 Å². The van der Waals surface area contributed by atoms with Crippen LogP contribution in [0.25, 0.3) is 10.1 Å². The number of carbonyl (C=O) groups excluding carboxylic acids is 1. The molecule has 0 aliphatic heterocycles. The summed E-state index contributed by atoms with van der Waals surface area (Å²) in [6, 6.07) is 17.7. The molecule has 0 radical (unpaired) electrons. The zero-order valence-electron chi connectivity index (χ0n) is 17.1. The Hall–Kier alpha value is -3.23. The maximum absolute atomic E-state index is 13.0. The Bertz CT molecular complexity index is 1330. The highest BCUT2D eigenvalue weighted by Crippen LogP contribution is 2.31. The van der Waals surface area contributed by atoms with Gasteiger partial charge in [0.25, 0.3) is 15.9 Å². The number of sulfonamides is 1. The van der Waals surface area contributed by atoms with Gasteiger partial charge in [0.15, 0.2) is 0 Å². The number of aromatic nitrogens is 1. The molecule has 4 aromatic rings. The molecule has 0 saturated carbocycles. The molecule has 0 aliphatic carbocycles. The first kappa shape index (κ1) is 21.0. The summed E-state index contributed by atoms with van der Waals surface area (Å²) in [5, 5.41) is 3.71. The first-order valence-corrected chi connectivity index (χ1v) is 11.9. The van der Waals surface area contributed by atoms with E-state index in [1.807, 2.05) is 25.1 Å². The third kappa shape index (κ3) is 4.45. The number of hydrogen-bond acceptors (Lipinski definition) is 5. The lowest BCUT2D eigenvalue weighted by Crippen LogP contribution is -2.26. The summed E-state index contributed by atoms with van der Waals surface area (Å²) in [5.41, 5.74) is 2.45. The molecule has 2 heterocycles. The predicted molar refractivity (Wildman–Crippen MR) is 124 cm³/mol. The van der Waals surface area contributed by atoms with Crippen molar-refractivity contribution in [3.63, 3.8) is 0 Å². The van der Waals surface area contributed by atoms with Crippen LogP contribution < -0.4 is 9.62 Å².